The summed E-state index contributed by atoms with van der Waals surface area (Å²) in [5, 5.41) is 22.2. The molecule has 0 fully saturated rings. The Hall–Kier alpha value is -3.35. The quantitative estimate of drug-likeness (QED) is 0.547. The number of amides is 2. The van der Waals surface area contributed by atoms with Gasteiger partial charge in [0.2, 0.25) is 5.91 Å². The Balaban J connectivity index is 1.77. The summed E-state index contributed by atoms with van der Waals surface area (Å²) in [6, 6.07) is 15.8. The summed E-state index contributed by atoms with van der Waals surface area (Å²) < 4.78 is 0. The van der Waals surface area contributed by atoms with E-state index in [1.165, 1.54) is 0 Å². The average Bonchev–Trinajstić information content (AvgIpc) is 3.04. The normalized spacial score (nSPS) is 13.1. The molecule has 0 aliphatic heterocycles. The highest BCUT2D eigenvalue weighted by molar-refractivity contribution is 5.87. The summed E-state index contributed by atoms with van der Waals surface area (Å²) in [6.07, 6.45) is -1.07. The molecular formula is C19H20N4O3. The van der Waals surface area contributed by atoms with E-state index in [1.54, 1.807) is 0 Å². The molecule has 1 aromatic heterocycles. The third-order valence-corrected chi connectivity index (χ3v) is 4.22. The number of nitrogens with zero attached hydrogens (tertiary/aromatic N) is 1. The molecule has 2 aromatic carbocycles. The van der Waals surface area contributed by atoms with Crippen LogP contribution in [0.4, 0.5) is 4.79 Å². The van der Waals surface area contributed by atoms with Crippen molar-refractivity contribution in [1.82, 2.24) is 20.8 Å². The van der Waals surface area contributed by atoms with Crippen LogP contribution in [-0.2, 0) is 11.2 Å². The van der Waals surface area contributed by atoms with Crippen LogP contribution in [0.25, 0.3) is 10.9 Å². The largest absolute Gasteiger partial charge is 0.465 e. The molecule has 7 heteroatoms. The first-order valence-corrected chi connectivity index (χ1v) is 8.31. The SMILES string of the molecule is C[C@H](NC(=O)[C@@H](Cc1[nH]nc2ccccc12)NC(=O)O)c1ccccc1. The number of benzene rings is 2. The van der Waals surface area contributed by atoms with E-state index in [2.05, 4.69) is 20.8 Å². The molecule has 0 radical (unpaired) electrons. The van der Waals surface area contributed by atoms with Gasteiger partial charge < -0.3 is 15.7 Å². The van der Waals surface area contributed by atoms with Gasteiger partial charge in [0.15, 0.2) is 0 Å². The third kappa shape index (κ3) is 4.00. The fourth-order valence-corrected chi connectivity index (χ4v) is 2.87. The number of carboxylic acid groups (broad SMARTS) is 1. The maximum Gasteiger partial charge on any atom is 0.405 e. The Bertz CT molecular complexity index is 907. The standard InChI is InChI=1S/C19H20N4O3/c1-12(13-7-3-2-4-8-13)20-18(24)17(21-19(25)26)11-16-14-9-5-6-10-15(14)22-23-16/h2-10,12,17,21H,11H2,1H3,(H,20,24)(H,22,23)(H,25,26)/t12-,17+/m0/s1. The first-order chi connectivity index (χ1) is 12.5. The molecule has 0 unspecified atom stereocenters. The molecule has 26 heavy (non-hydrogen) atoms. The van der Waals surface area contributed by atoms with Crippen LogP contribution in [0.2, 0.25) is 0 Å². The number of rotatable bonds is 6. The predicted molar refractivity (Wildman–Crippen MR) is 97.7 cm³/mol. The molecule has 134 valence electrons. The van der Waals surface area contributed by atoms with E-state index in [9.17, 15) is 9.59 Å². The maximum atomic E-state index is 12.7. The van der Waals surface area contributed by atoms with Crippen LogP contribution in [0.3, 0.4) is 0 Å². The Morgan fingerprint density at radius 3 is 2.50 bits per heavy atom. The van der Waals surface area contributed by atoms with Crippen LogP contribution >= 0.6 is 0 Å². The van der Waals surface area contributed by atoms with Gasteiger partial charge in [-0.1, -0.05) is 48.5 Å². The summed E-state index contributed by atoms with van der Waals surface area (Å²) in [6.45, 7) is 1.86. The van der Waals surface area contributed by atoms with Crippen LogP contribution < -0.4 is 10.6 Å². The van der Waals surface area contributed by atoms with Crippen LogP contribution in [-0.4, -0.2) is 33.3 Å². The average molecular weight is 352 g/mol. The zero-order valence-corrected chi connectivity index (χ0v) is 14.3. The van der Waals surface area contributed by atoms with Crippen molar-refractivity contribution in [2.24, 2.45) is 0 Å². The van der Waals surface area contributed by atoms with Crippen molar-refractivity contribution in [3.05, 3.63) is 65.9 Å². The molecule has 0 bridgehead atoms. The first kappa shape index (κ1) is 17.5. The monoisotopic (exact) mass is 352 g/mol. The van der Waals surface area contributed by atoms with Crippen LogP contribution in [0, 0.1) is 0 Å². The number of nitrogens with one attached hydrogen (secondary N) is 3. The van der Waals surface area contributed by atoms with Gasteiger partial charge in [-0.3, -0.25) is 9.89 Å². The lowest BCUT2D eigenvalue weighted by atomic mass is 10.1. The molecule has 0 aliphatic carbocycles. The number of carbonyl (C=O) groups is 2. The van der Waals surface area contributed by atoms with Gasteiger partial charge in [0, 0.05) is 17.5 Å². The summed E-state index contributed by atoms with van der Waals surface area (Å²) in [5.41, 5.74) is 2.43. The van der Waals surface area contributed by atoms with E-state index >= 15 is 0 Å². The van der Waals surface area contributed by atoms with E-state index in [-0.39, 0.29) is 18.4 Å². The minimum atomic E-state index is -1.25. The number of fused-ring (bicyclic) bond motifs is 1. The lowest BCUT2D eigenvalue weighted by molar-refractivity contribution is -0.123. The van der Waals surface area contributed by atoms with Gasteiger partial charge in [-0.25, -0.2) is 4.79 Å². The minimum Gasteiger partial charge on any atom is -0.465 e. The van der Waals surface area contributed by atoms with Gasteiger partial charge in [-0.15, -0.1) is 0 Å². The second-order valence-electron chi connectivity index (χ2n) is 6.07. The fraction of sp³-hybridized carbons (Fsp3) is 0.211. The number of aromatic amines is 1. The third-order valence-electron chi connectivity index (χ3n) is 4.22. The topological polar surface area (TPSA) is 107 Å². The Morgan fingerprint density at radius 2 is 1.77 bits per heavy atom. The molecular weight excluding hydrogens is 332 g/mol. The highest BCUT2D eigenvalue weighted by Crippen LogP contribution is 2.17. The van der Waals surface area contributed by atoms with Crippen LogP contribution in [0.1, 0.15) is 24.2 Å². The van der Waals surface area contributed by atoms with Crippen molar-refractivity contribution >= 4 is 22.9 Å². The van der Waals surface area contributed by atoms with Gasteiger partial charge in [0.25, 0.3) is 0 Å². The molecule has 0 aliphatic rings. The molecule has 3 rings (SSSR count). The summed E-state index contributed by atoms with van der Waals surface area (Å²) in [7, 11) is 0. The number of H-pyrrole nitrogens is 1. The van der Waals surface area contributed by atoms with E-state index in [1.807, 2.05) is 61.5 Å². The zero-order chi connectivity index (χ0) is 18.5. The van der Waals surface area contributed by atoms with Gasteiger partial charge in [0.1, 0.15) is 6.04 Å². The van der Waals surface area contributed by atoms with E-state index in [0.717, 1.165) is 16.5 Å². The number of para-hydroxylation sites is 1. The number of hydrogen-bond donors (Lipinski definition) is 4. The van der Waals surface area contributed by atoms with Gasteiger partial charge >= 0.3 is 6.09 Å². The van der Waals surface area contributed by atoms with Gasteiger partial charge in [-0.2, -0.15) is 5.10 Å². The lowest BCUT2D eigenvalue weighted by Crippen LogP contribution is -2.48. The summed E-state index contributed by atoms with van der Waals surface area (Å²) in [4.78, 5) is 23.8. The number of aromatic nitrogens is 2. The van der Waals surface area contributed by atoms with Crippen molar-refractivity contribution in [3.63, 3.8) is 0 Å². The zero-order valence-electron chi connectivity index (χ0n) is 14.3. The van der Waals surface area contributed by atoms with Crippen molar-refractivity contribution in [2.45, 2.75) is 25.4 Å². The van der Waals surface area contributed by atoms with Gasteiger partial charge in [0.05, 0.1) is 11.6 Å². The highest BCUT2D eigenvalue weighted by atomic mass is 16.4. The molecule has 1 heterocycles. The molecule has 7 nitrogen and oxygen atoms in total. The van der Waals surface area contributed by atoms with Crippen LogP contribution in [0.5, 0.6) is 0 Å². The molecule has 0 saturated carbocycles. The Labute approximate surface area is 150 Å². The molecule has 2 amide bonds. The summed E-state index contributed by atoms with van der Waals surface area (Å²) in [5.74, 6) is -0.387. The molecule has 0 spiro atoms. The van der Waals surface area contributed by atoms with Gasteiger partial charge in [-0.05, 0) is 18.6 Å². The highest BCUT2D eigenvalue weighted by Gasteiger charge is 2.24. The Kier molecular flexibility index (Phi) is 5.17. The molecule has 4 N–H and O–H groups in total. The van der Waals surface area contributed by atoms with E-state index < -0.39 is 12.1 Å². The molecule has 3 aromatic rings. The predicted octanol–water partition coefficient (Wildman–Crippen LogP) is 2.62. The minimum absolute atomic E-state index is 0.181. The smallest absolute Gasteiger partial charge is 0.405 e. The van der Waals surface area contributed by atoms with Crippen LogP contribution in [0.15, 0.2) is 54.6 Å². The molecule has 0 saturated heterocycles. The first-order valence-electron chi connectivity index (χ1n) is 8.31. The van der Waals surface area contributed by atoms with E-state index in [0.29, 0.717) is 5.69 Å². The number of hydrogen-bond acceptors (Lipinski definition) is 3. The maximum absolute atomic E-state index is 12.7. The second kappa shape index (κ2) is 7.69. The van der Waals surface area contributed by atoms with Crippen molar-refractivity contribution in [3.8, 4) is 0 Å². The summed E-state index contributed by atoms with van der Waals surface area (Å²) >= 11 is 0. The molecule has 2 atom stereocenters. The van der Waals surface area contributed by atoms with Crippen molar-refractivity contribution in [2.75, 3.05) is 0 Å². The van der Waals surface area contributed by atoms with E-state index in [4.69, 9.17) is 5.11 Å². The fourth-order valence-electron chi connectivity index (χ4n) is 2.87. The Morgan fingerprint density at radius 1 is 1.08 bits per heavy atom. The second-order valence-corrected chi connectivity index (χ2v) is 6.07. The van der Waals surface area contributed by atoms with Crippen molar-refractivity contribution < 1.29 is 14.7 Å². The lowest BCUT2D eigenvalue weighted by Gasteiger charge is -2.20. The number of carbonyl (C=O) groups excluding carboxylic acids is 1. The van der Waals surface area contributed by atoms with Crippen molar-refractivity contribution in [1.29, 1.82) is 0 Å².